The Morgan fingerprint density at radius 2 is 2.18 bits per heavy atom. The quantitative estimate of drug-likeness (QED) is 0.778. The SMILES string of the molecule is CN(CCC1CCCCN1C)C(=O)C1CNC1. The lowest BCUT2D eigenvalue weighted by Crippen LogP contribution is -2.51. The molecular weight excluding hydrogens is 214 g/mol. The number of rotatable bonds is 4. The van der Waals surface area contributed by atoms with Gasteiger partial charge in [-0.25, -0.2) is 0 Å². The van der Waals surface area contributed by atoms with Gasteiger partial charge in [0.25, 0.3) is 0 Å². The standard InChI is InChI=1S/C13H25N3O/c1-15-7-4-3-5-12(15)6-8-16(2)13(17)11-9-14-10-11/h11-12,14H,3-10H2,1-2H3. The Labute approximate surface area is 104 Å². The number of hydrogen-bond donors (Lipinski definition) is 1. The van der Waals surface area contributed by atoms with Gasteiger partial charge >= 0.3 is 0 Å². The third-order valence-electron chi connectivity index (χ3n) is 4.23. The normalized spacial score (nSPS) is 26.6. The summed E-state index contributed by atoms with van der Waals surface area (Å²) in [5, 5.41) is 3.15. The molecule has 1 unspecified atom stereocenters. The molecule has 2 saturated heterocycles. The number of likely N-dealkylation sites (tertiary alicyclic amines) is 1. The van der Waals surface area contributed by atoms with E-state index in [0.717, 1.165) is 26.1 Å². The van der Waals surface area contributed by atoms with Gasteiger partial charge in [0.1, 0.15) is 0 Å². The fourth-order valence-corrected chi connectivity index (χ4v) is 2.74. The number of carbonyl (C=O) groups excluding carboxylic acids is 1. The minimum absolute atomic E-state index is 0.240. The van der Waals surface area contributed by atoms with Crippen molar-refractivity contribution in [2.45, 2.75) is 31.7 Å². The second-order valence-electron chi connectivity index (χ2n) is 5.53. The van der Waals surface area contributed by atoms with E-state index in [1.165, 1.54) is 25.8 Å². The van der Waals surface area contributed by atoms with E-state index in [1.807, 2.05) is 11.9 Å². The van der Waals surface area contributed by atoms with Crippen LogP contribution in [0.15, 0.2) is 0 Å². The van der Waals surface area contributed by atoms with Gasteiger partial charge in [0.2, 0.25) is 5.91 Å². The monoisotopic (exact) mass is 239 g/mol. The molecule has 0 bridgehead atoms. The molecular formula is C13H25N3O. The average Bonchev–Trinajstić information content (AvgIpc) is 2.25. The highest BCUT2D eigenvalue weighted by Gasteiger charge is 2.28. The van der Waals surface area contributed by atoms with Crippen LogP contribution in [0.5, 0.6) is 0 Å². The summed E-state index contributed by atoms with van der Waals surface area (Å²) < 4.78 is 0. The lowest BCUT2D eigenvalue weighted by Gasteiger charge is -2.35. The van der Waals surface area contributed by atoms with Crippen molar-refractivity contribution < 1.29 is 4.79 Å². The molecule has 1 N–H and O–H groups in total. The molecule has 4 nitrogen and oxygen atoms in total. The van der Waals surface area contributed by atoms with Gasteiger partial charge in [-0.05, 0) is 32.9 Å². The molecule has 0 saturated carbocycles. The van der Waals surface area contributed by atoms with Crippen molar-refractivity contribution in [3.63, 3.8) is 0 Å². The van der Waals surface area contributed by atoms with Crippen LogP contribution in [0.4, 0.5) is 0 Å². The number of hydrogen-bond acceptors (Lipinski definition) is 3. The molecule has 98 valence electrons. The molecule has 2 aliphatic heterocycles. The Morgan fingerprint density at radius 3 is 2.76 bits per heavy atom. The van der Waals surface area contributed by atoms with Gasteiger partial charge in [-0.15, -0.1) is 0 Å². The molecule has 17 heavy (non-hydrogen) atoms. The van der Waals surface area contributed by atoms with Crippen LogP contribution in [0.1, 0.15) is 25.7 Å². The molecule has 4 heteroatoms. The predicted octanol–water partition coefficient (Wildman–Crippen LogP) is 0.539. The van der Waals surface area contributed by atoms with Crippen LogP contribution in [0.2, 0.25) is 0 Å². The molecule has 0 aromatic heterocycles. The first kappa shape index (κ1) is 12.8. The van der Waals surface area contributed by atoms with Crippen molar-refractivity contribution in [2.24, 2.45) is 5.92 Å². The third kappa shape index (κ3) is 3.19. The zero-order valence-corrected chi connectivity index (χ0v) is 11.1. The van der Waals surface area contributed by atoms with E-state index in [9.17, 15) is 4.79 Å². The van der Waals surface area contributed by atoms with E-state index < -0.39 is 0 Å². The summed E-state index contributed by atoms with van der Waals surface area (Å²) in [6.07, 6.45) is 5.09. The summed E-state index contributed by atoms with van der Waals surface area (Å²) in [4.78, 5) is 16.3. The average molecular weight is 239 g/mol. The van der Waals surface area contributed by atoms with Gasteiger partial charge in [-0.1, -0.05) is 6.42 Å². The van der Waals surface area contributed by atoms with Crippen LogP contribution >= 0.6 is 0 Å². The van der Waals surface area contributed by atoms with Gasteiger partial charge in [-0.3, -0.25) is 4.79 Å². The van der Waals surface area contributed by atoms with Crippen molar-refractivity contribution in [3.05, 3.63) is 0 Å². The van der Waals surface area contributed by atoms with Gasteiger partial charge in [0.05, 0.1) is 5.92 Å². The Bertz CT molecular complexity index is 265. The van der Waals surface area contributed by atoms with Crippen LogP contribution in [-0.4, -0.2) is 62.0 Å². The maximum absolute atomic E-state index is 12.0. The van der Waals surface area contributed by atoms with E-state index in [-0.39, 0.29) is 5.92 Å². The lowest BCUT2D eigenvalue weighted by atomic mass is 9.99. The van der Waals surface area contributed by atoms with Crippen LogP contribution in [0.25, 0.3) is 0 Å². The molecule has 0 spiro atoms. The van der Waals surface area contributed by atoms with Crippen molar-refractivity contribution >= 4 is 5.91 Å². The highest BCUT2D eigenvalue weighted by atomic mass is 16.2. The van der Waals surface area contributed by atoms with E-state index in [0.29, 0.717) is 11.9 Å². The minimum atomic E-state index is 0.240. The van der Waals surface area contributed by atoms with Crippen molar-refractivity contribution in [2.75, 3.05) is 40.3 Å². The maximum atomic E-state index is 12.0. The lowest BCUT2D eigenvalue weighted by molar-refractivity contribution is -0.135. The van der Waals surface area contributed by atoms with Crippen molar-refractivity contribution in [1.29, 1.82) is 0 Å². The van der Waals surface area contributed by atoms with E-state index in [2.05, 4.69) is 17.3 Å². The van der Waals surface area contributed by atoms with Crippen LogP contribution in [0.3, 0.4) is 0 Å². The predicted molar refractivity (Wildman–Crippen MR) is 68.9 cm³/mol. The highest BCUT2D eigenvalue weighted by molar-refractivity contribution is 5.79. The largest absolute Gasteiger partial charge is 0.345 e. The van der Waals surface area contributed by atoms with E-state index in [4.69, 9.17) is 0 Å². The highest BCUT2D eigenvalue weighted by Crippen LogP contribution is 2.18. The Balaban J connectivity index is 1.71. The summed E-state index contributed by atoms with van der Waals surface area (Å²) in [6.45, 7) is 3.86. The molecule has 0 aromatic rings. The van der Waals surface area contributed by atoms with Gasteiger partial charge in [0, 0.05) is 32.7 Å². The second-order valence-corrected chi connectivity index (χ2v) is 5.53. The molecule has 2 rings (SSSR count). The maximum Gasteiger partial charge on any atom is 0.227 e. The molecule has 1 atom stereocenters. The van der Waals surface area contributed by atoms with Crippen LogP contribution in [0, 0.1) is 5.92 Å². The molecule has 0 aromatic carbocycles. The van der Waals surface area contributed by atoms with E-state index in [1.54, 1.807) is 0 Å². The minimum Gasteiger partial charge on any atom is -0.345 e. The first-order chi connectivity index (χ1) is 8.18. The second kappa shape index (κ2) is 5.83. The molecule has 2 aliphatic rings. The fraction of sp³-hybridized carbons (Fsp3) is 0.923. The topological polar surface area (TPSA) is 35.6 Å². The molecule has 0 aliphatic carbocycles. The molecule has 2 fully saturated rings. The Kier molecular flexibility index (Phi) is 4.40. The summed E-state index contributed by atoms with van der Waals surface area (Å²) in [5.41, 5.74) is 0. The third-order valence-corrected chi connectivity index (χ3v) is 4.23. The molecule has 0 radical (unpaired) electrons. The summed E-state index contributed by atoms with van der Waals surface area (Å²) in [5.74, 6) is 0.561. The first-order valence-corrected chi connectivity index (χ1v) is 6.84. The van der Waals surface area contributed by atoms with Gasteiger partial charge < -0.3 is 15.1 Å². The Morgan fingerprint density at radius 1 is 1.41 bits per heavy atom. The van der Waals surface area contributed by atoms with Crippen LogP contribution < -0.4 is 5.32 Å². The zero-order chi connectivity index (χ0) is 12.3. The van der Waals surface area contributed by atoms with Gasteiger partial charge in [0.15, 0.2) is 0 Å². The molecule has 1 amide bonds. The first-order valence-electron chi connectivity index (χ1n) is 6.84. The number of carbonyl (C=O) groups is 1. The molecule has 2 heterocycles. The van der Waals surface area contributed by atoms with Crippen molar-refractivity contribution in [1.82, 2.24) is 15.1 Å². The number of nitrogens with one attached hydrogen (secondary N) is 1. The number of amides is 1. The van der Waals surface area contributed by atoms with Gasteiger partial charge in [-0.2, -0.15) is 0 Å². The van der Waals surface area contributed by atoms with Crippen molar-refractivity contribution in [3.8, 4) is 0 Å². The van der Waals surface area contributed by atoms with Crippen LogP contribution in [-0.2, 0) is 4.79 Å². The smallest absolute Gasteiger partial charge is 0.227 e. The summed E-state index contributed by atoms with van der Waals surface area (Å²) in [7, 11) is 4.16. The number of nitrogens with zero attached hydrogens (tertiary/aromatic N) is 2. The number of piperidine rings is 1. The van der Waals surface area contributed by atoms with E-state index >= 15 is 0 Å². The zero-order valence-electron chi connectivity index (χ0n) is 11.1. The Hall–Kier alpha value is -0.610. The summed E-state index contributed by atoms with van der Waals surface area (Å²) in [6, 6.07) is 0.679. The fourth-order valence-electron chi connectivity index (χ4n) is 2.74. The summed E-state index contributed by atoms with van der Waals surface area (Å²) >= 11 is 0.